The first-order chi connectivity index (χ1) is 10.1. The summed E-state index contributed by atoms with van der Waals surface area (Å²) >= 11 is 0. The van der Waals surface area contributed by atoms with Crippen molar-refractivity contribution in [2.75, 3.05) is 0 Å². The lowest BCUT2D eigenvalue weighted by Crippen LogP contribution is -2.04. The van der Waals surface area contributed by atoms with E-state index in [9.17, 15) is 9.90 Å². The van der Waals surface area contributed by atoms with Gasteiger partial charge < -0.3 is 14.2 Å². The number of aromatic carboxylic acids is 1. The zero-order chi connectivity index (χ0) is 14.8. The van der Waals surface area contributed by atoms with Crippen molar-refractivity contribution in [2.45, 2.75) is 13.5 Å². The van der Waals surface area contributed by atoms with E-state index in [1.807, 2.05) is 48.0 Å². The zero-order valence-electron chi connectivity index (χ0n) is 11.5. The number of hydrogen-bond donors (Lipinski definition) is 1. The van der Waals surface area contributed by atoms with Crippen LogP contribution in [0.25, 0.3) is 5.65 Å². The molecule has 0 aliphatic rings. The molecule has 0 bridgehead atoms. The smallest absolute Gasteiger partial charge is 0.339 e. The number of ether oxygens (including phenoxy) is 1. The number of fused-ring (bicyclic) bond motifs is 1. The number of benzene rings is 1. The number of aryl methyl sites for hydroxylation is 1. The molecule has 0 aliphatic heterocycles. The van der Waals surface area contributed by atoms with Gasteiger partial charge in [-0.15, -0.1) is 0 Å². The van der Waals surface area contributed by atoms with Crippen molar-refractivity contribution in [1.29, 1.82) is 0 Å². The maximum atomic E-state index is 11.2. The summed E-state index contributed by atoms with van der Waals surface area (Å²) in [7, 11) is 0. The average Bonchev–Trinajstić information content (AvgIpc) is 2.88. The van der Waals surface area contributed by atoms with Crippen LogP contribution in [0.5, 0.6) is 5.75 Å². The molecule has 0 radical (unpaired) electrons. The van der Waals surface area contributed by atoms with Crippen molar-refractivity contribution in [2.24, 2.45) is 0 Å². The number of imidazole rings is 1. The van der Waals surface area contributed by atoms with Gasteiger partial charge in [0.2, 0.25) is 0 Å². The lowest BCUT2D eigenvalue weighted by atomic mass is 10.1. The van der Waals surface area contributed by atoms with E-state index in [1.165, 1.54) is 0 Å². The van der Waals surface area contributed by atoms with Gasteiger partial charge in [-0.1, -0.05) is 17.7 Å². The topological polar surface area (TPSA) is 63.8 Å². The Labute approximate surface area is 121 Å². The summed E-state index contributed by atoms with van der Waals surface area (Å²) < 4.78 is 7.51. The van der Waals surface area contributed by atoms with E-state index in [2.05, 4.69) is 4.98 Å². The highest BCUT2D eigenvalue weighted by Gasteiger charge is 2.12. The average molecular weight is 282 g/mol. The molecule has 0 amide bonds. The highest BCUT2D eigenvalue weighted by molar-refractivity contribution is 5.91. The maximum absolute atomic E-state index is 11.2. The SMILES string of the molecule is Cc1ccc(OCc2cn3ccccc3n2)c(C(=O)O)c1. The molecule has 1 aromatic carbocycles. The van der Waals surface area contributed by atoms with E-state index in [1.54, 1.807) is 12.1 Å². The highest BCUT2D eigenvalue weighted by Crippen LogP contribution is 2.21. The normalized spacial score (nSPS) is 10.7. The number of aromatic nitrogens is 2. The van der Waals surface area contributed by atoms with Crippen molar-refractivity contribution in [3.05, 3.63) is 65.6 Å². The molecule has 0 atom stereocenters. The molecule has 0 aliphatic carbocycles. The molecule has 2 aromatic heterocycles. The van der Waals surface area contributed by atoms with E-state index in [-0.39, 0.29) is 12.2 Å². The fraction of sp³-hybridized carbons (Fsp3) is 0.125. The largest absolute Gasteiger partial charge is 0.486 e. The molecule has 0 spiro atoms. The lowest BCUT2D eigenvalue weighted by Gasteiger charge is -2.08. The Balaban J connectivity index is 1.83. The second kappa shape index (κ2) is 5.28. The van der Waals surface area contributed by atoms with E-state index in [0.29, 0.717) is 5.75 Å². The van der Waals surface area contributed by atoms with Crippen LogP contribution in [0, 0.1) is 6.92 Å². The fourth-order valence-corrected chi connectivity index (χ4v) is 2.15. The van der Waals surface area contributed by atoms with Crippen molar-refractivity contribution < 1.29 is 14.6 Å². The Morgan fingerprint density at radius 2 is 2.19 bits per heavy atom. The van der Waals surface area contributed by atoms with Crippen LogP contribution in [0.3, 0.4) is 0 Å². The predicted molar refractivity (Wildman–Crippen MR) is 77.7 cm³/mol. The van der Waals surface area contributed by atoms with E-state index >= 15 is 0 Å². The standard InChI is InChI=1S/C16H14N2O3/c1-11-5-6-14(13(8-11)16(19)20)21-10-12-9-18-7-3-2-4-15(18)17-12/h2-9H,10H2,1H3,(H,19,20). The van der Waals surface area contributed by atoms with Gasteiger partial charge in [0.25, 0.3) is 0 Å². The van der Waals surface area contributed by atoms with Crippen LogP contribution in [0.2, 0.25) is 0 Å². The molecule has 3 aromatic rings. The monoisotopic (exact) mass is 282 g/mol. The highest BCUT2D eigenvalue weighted by atomic mass is 16.5. The first-order valence-corrected chi connectivity index (χ1v) is 6.53. The Kier molecular flexibility index (Phi) is 3.31. The van der Waals surface area contributed by atoms with Gasteiger partial charge in [0, 0.05) is 12.4 Å². The number of pyridine rings is 1. The van der Waals surface area contributed by atoms with Crippen LogP contribution in [0.4, 0.5) is 0 Å². The summed E-state index contributed by atoms with van der Waals surface area (Å²) in [6.07, 6.45) is 3.77. The number of nitrogens with zero attached hydrogens (tertiary/aromatic N) is 2. The fourth-order valence-electron chi connectivity index (χ4n) is 2.15. The molecular weight excluding hydrogens is 268 g/mol. The molecule has 0 unspecified atom stereocenters. The van der Waals surface area contributed by atoms with Crippen LogP contribution < -0.4 is 4.74 Å². The van der Waals surface area contributed by atoms with Gasteiger partial charge >= 0.3 is 5.97 Å². The van der Waals surface area contributed by atoms with Gasteiger partial charge in [-0.2, -0.15) is 0 Å². The van der Waals surface area contributed by atoms with E-state index in [4.69, 9.17) is 4.74 Å². The number of carbonyl (C=O) groups is 1. The maximum Gasteiger partial charge on any atom is 0.339 e. The molecule has 1 N–H and O–H groups in total. The van der Waals surface area contributed by atoms with Gasteiger partial charge in [0.1, 0.15) is 23.6 Å². The molecule has 106 valence electrons. The zero-order valence-corrected chi connectivity index (χ0v) is 11.5. The Bertz CT molecular complexity index is 775. The summed E-state index contributed by atoms with van der Waals surface area (Å²) in [6.45, 7) is 2.07. The minimum atomic E-state index is -0.997. The quantitative estimate of drug-likeness (QED) is 0.799. The summed E-state index contributed by atoms with van der Waals surface area (Å²) in [4.78, 5) is 15.6. The van der Waals surface area contributed by atoms with Gasteiger partial charge in [-0.25, -0.2) is 9.78 Å². The molecule has 5 heteroatoms. The van der Waals surface area contributed by atoms with Gasteiger partial charge in [-0.3, -0.25) is 0 Å². The number of hydrogen-bond acceptors (Lipinski definition) is 3. The summed E-state index contributed by atoms with van der Waals surface area (Å²) in [5, 5.41) is 9.20. The molecule has 3 rings (SSSR count). The van der Waals surface area contributed by atoms with Gasteiger partial charge in [-0.05, 0) is 31.2 Å². The van der Waals surface area contributed by atoms with Crippen LogP contribution in [0.1, 0.15) is 21.6 Å². The Morgan fingerprint density at radius 1 is 1.33 bits per heavy atom. The van der Waals surface area contributed by atoms with Crippen LogP contribution in [-0.4, -0.2) is 20.5 Å². The van der Waals surface area contributed by atoms with Crippen LogP contribution >= 0.6 is 0 Å². The molecule has 21 heavy (non-hydrogen) atoms. The summed E-state index contributed by atoms with van der Waals surface area (Å²) in [5.74, 6) is -0.645. The van der Waals surface area contributed by atoms with Crippen LogP contribution in [0.15, 0.2) is 48.8 Å². The van der Waals surface area contributed by atoms with Crippen molar-refractivity contribution in [3.8, 4) is 5.75 Å². The van der Waals surface area contributed by atoms with Gasteiger partial charge in [0.15, 0.2) is 0 Å². The minimum Gasteiger partial charge on any atom is -0.486 e. The third kappa shape index (κ3) is 2.72. The lowest BCUT2D eigenvalue weighted by molar-refractivity contribution is 0.0691. The predicted octanol–water partition coefficient (Wildman–Crippen LogP) is 2.92. The van der Waals surface area contributed by atoms with Crippen molar-refractivity contribution in [1.82, 2.24) is 9.38 Å². The second-order valence-corrected chi connectivity index (χ2v) is 4.79. The first-order valence-electron chi connectivity index (χ1n) is 6.53. The van der Waals surface area contributed by atoms with Gasteiger partial charge in [0.05, 0.1) is 5.69 Å². The number of carboxylic acid groups (broad SMARTS) is 1. The summed E-state index contributed by atoms with van der Waals surface area (Å²) in [6, 6.07) is 10.8. The van der Waals surface area contributed by atoms with Crippen molar-refractivity contribution >= 4 is 11.6 Å². The van der Waals surface area contributed by atoms with Crippen molar-refractivity contribution in [3.63, 3.8) is 0 Å². The van der Waals surface area contributed by atoms with E-state index < -0.39 is 5.97 Å². The molecule has 0 saturated carbocycles. The second-order valence-electron chi connectivity index (χ2n) is 4.79. The number of carboxylic acids is 1. The Morgan fingerprint density at radius 3 is 2.95 bits per heavy atom. The van der Waals surface area contributed by atoms with E-state index in [0.717, 1.165) is 16.9 Å². The Hall–Kier alpha value is -2.82. The molecule has 5 nitrogen and oxygen atoms in total. The third-order valence-corrected chi connectivity index (χ3v) is 3.15. The molecular formula is C16H14N2O3. The number of rotatable bonds is 4. The van der Waals surface area contributed by atoms with Crippen LogP contribution in [-0.2, 0) is 6.61 Å². The molecule has 0 saturated heterocycles. The summed E-state index contributed by atoms with van der Waals surface area (Å²) in [5.41, 5.74) is 2.63. The first kappa shape index (κ1) is 13.2. The third-order valence-electron chi connectivity index (χ3n) is 3.15. The minimum absolute atomic E-state index is 0.166. The molecule has 2 heterocycles. The molecule has 0 fully saturated rings.